The van der Waals surface area contributed by atoms with Crippen LogP contribution in [0.2, 0.25) is 0 Å². The molecule has 1 aliphatic heterocycles. The summed E-state index contributed by atoms with van der Waals surface area (Å²) in [6.45, 7) is 3.23. The van der Waals surface area contributed by atoms with Crippen LogP contribution >= 0.6 is 0 Å². The molecule has 1 fully saturated rings. The van der Waals surface area contributed by atoms with Gasteiger partial charge in [-0.05, 0) is 23.8 Å². The van der Waals surface area contributed by atoms with Crippen LogP contribution in [0.25, 0.3) is 11.1 Å². The van der Waals surface area contributed by atoms with Crippen molar-refractivity contribution in [2.75, 3.05) is 13.2 Å². The molecule has 6 heteroatoms. The molecule has 2 aromatic carbocycles. The molecular weight excluding hydrogens is 336 g/mol. The molecule has 0 N–H and O–H groups in total. The summed E-state index contributed by atoms with van der Waals surface area (Å²) in [7, 11) is 0. The van der Waals surface area contributed by atoms with E-state index >= 15 is 0 Å². The average Bonchev–Trinajstić information content (AvgIpc) is 2.61. The molecule has 1 heterocycles. The number of benzene rings is 2. The Kier molecular flexibility index (Phi) is 5.20. The summed E-state index contributed by atoms with van der Waals surface area (Å²) in [4.78, 5) is 0. The van der Waals surface area contributed by atoms with Crippen molar-refractivity contribution in [2.45, 2.75) is 13.0 Å². The standard InChI is InChI=1S/C19H16F4O2/c1-2-11-9-24-19(25-10-11)12-3-4-14(16(21)5-12)13-6-17(22)15(8-20)18(23)7-13/h2-7,11,19H,1,8-10H2. The summed E-state index contributed by atoms with van der Waals surface area (Å²) in [5, 5.41) is 0. The number of halogens is 4. The minimum absolute atomic E-state index is 0.00606. The monoisotopic (exact) mass is 352 g/mol. The van der Waals surface area contributed by atoms with Gasteiger partial charge in [-0.3, -0.25) is 0 Å². The van der Waals surface area contributed by atoms with Crippen molar-refractivity contribution in [3.63, 3.8) is 0 Å². The summed E-state index contributed by atoms with van der Waals surface area (Å²) in [6, 6.07) is 5.99. The second-order valence-electron chi connectivity index (χ2n) is 5.79. The number of hydrogen-bond acceptors (Lipinski definition) is 2. The van der Waals surface area contributed by atoms with E-state index in [9.17, 15) is 17.6 Å². The summed E-state index contributed by atoms with van der Waals surface area (Å²) in [5.74, 6) is -2.69. The normalized spacial score (nSPS) is 20.5. The van der Waals surface area contributed by atoms with Gasteiger partial charge in [0.05, 0.1) is 18.8 Å². The van der Waals surface area contributed by atoms with E-state index in [2.05, 4.69) is 6.58 Å². The van der Waals surface area contributed by atoms with Crippen molar-refractivity contribution in [3.05, 3.63) is 71.6 Å². The Labute approximate surface area is 142 Å². The van der Waals surface area contributed by atoms with Crippen molar-refractivity contribution in [3.8, 4) is 11.1 Å². The quantitative estimate of drug-likeness (QED) is 0.564. The van der Waals surface area contributed by atoms with Gasteiger partial charge in [-0.2, -0.15) is 0 Å². The maximum absolute atomic E-state index is 14.4. The lowest BCUT2D eigenvalue weighted by Crippen LogP contribution is -2.25. The highest BCUT2D eigenvalue weighted by atomic mass is 19.1. The maximum Gasteiger partial charge on any atom is 0.183 e. The molecule has 2 nitrogen and oxygen atoms in total. The Morgan fingerprint density at radius 1 is 1.00 bits per heavy atom. The molecule has 0 amide bonds. The fourth-order valence-corrected chi connectivity index (χ4v) is 2.65. The molecule has 2 aromatic rings. The Morgan fingerprint density at radius 3 is 2.16 bits per heavy atom. The molecule has 0 radical (unpaired) electrons. The Hall–Kier alpha value is -2.18. The highest BCUT2D eigenvalue weighted by Crippen LogP contribution is 2.31. The number of alkyl halides is 1. The van der Waals surface area contributed by atoms with Gasteiger partial charge in [-0.25, -0.2) is 17.6 Å². The zero-order chi connectivity index (χ0) is 18.0. The highest BCUT2D eigenvalue weighted by Gasteiger charge is 2.23. The summed E-state index contributed by atoms with van der Waals surface area (Å²) in [6.07, 6.45) is 1.02. The van der Waals surface area contributed by atoms with Crippen LogP contribution in [0, 0.1) is 23.4 Å². The van der Waals surface area contributed by atoms with Gasteiger partial charge in [0.2, 0.25) is 0 Å². The fraction of sp³-hybridized carbons (Fsp3) is 0.263. The first-order chi connectivity index (χ1) is 12.0. The molecule has 132 valence electrons. The van der Waals surface area contributed by atoms with Crippen LogP contribution in [-0.2, 0) is 16.1 Å². The molecule has 1 saturated heterocycles. The van der Waals surface area contributed by atoms with Crippen LogP contribution in [0.3, 0.4) is 0 Å². The Balaban J connectivity index is 1.87. The molecule has 0 aromatic heterocycles. The van der Waals surface area contributed by atoms with Gasteiger partial charge in [0.25, 0.3) is 0 Å². The minimum Gasteiger partial charge on any atom is -0.348 e. The van der Waals surface area contributed by atoms with Crippen LogP contribution in [0.15, 0.2) is 43.0 Å². The van der Waals surface area contributed by atoms with E-state index in [0.29, 0.717) is 18.8 Å². The predicted molar refractivity (Wildman–Crippen MR) is 84.9 cm³/mol. The van der Waals surface area contributed by atoms with Gasteiger partial charge in [-0.1, -0.05) is 18.2 Å². The van der Waals surface area contributed by atoms with E-state index in [0.717, 1.165) is 12.1 Å². The summed E-state index contributed by atoms with van der Waals surface area (Å²) in [5.41, 5.74) is -0.202. The SMILES string of the molecule is C=CC1COC(c2ccc(-c3cc(F)c(CF)c(F)c3)c(F)c2)OC1. The molecule has 0 atom stereocenters. The van der Waals surface area contributed by atoms with Crippen molar-refractivity contribution < 1.29 is 27.0 Å². The van der Waals surface area contributed by atoms with E-state index in [4.69, 9.17) is 9.47 Å². The van der Waals surface area contributed by atoms with Crippen LogP contribution in [0.1, 0.15) is 17.4 Å². The third-order valence-electron chi connectivity index (χ3n) is 4.11. The average molecular weight is 352 g/mol. The lowest BCUT2D eigenvalue weighted by Gasteiger charge is -2.28. The second kappa shape index (κ2) is 7.37. The third-order valence-corrected chi connectivity index (χ3v) is 4.11. The zero-order valence-electron chi connectivity index (χ0n) is 13.3. The van der Waals surface area contributed by atoms with Gasteiger partial charge in [0.15, 0.2) is 6.29 Å². The molecular formula is C19H16F4O2. The molecule has 0 saturated carbocycles. The maximum atomic E-state index is 14.4. The summed E-state index contributed by atoms with van der Waals surface area (Å²) < 4.78 is 65.5. The fourth-order valence-electron chi connectivity index (χ4n) is 2.65. The van der Waals surface area contributed by atoms with Crippen LogP contribution in [0.5, 0.6) is 0 Å². The zero-order valence-corrected chi connectivity index (χ0v) is 13.3. The Bertz CT molecular complexity index is 760. The largest absolute Gasteiger partial charge is 0.348 e. The molecule has 1 aliphatic rings. The molecule has 0 bridgehead atoms. The number of hydrogen-bond donors (Lipinski definition) is 0. The van der Waals surface area contributed by atoms with Crippen molar-refractivity contribution >= 4 is 0 Å². The van der Waals surface area contributed by atoms with Gasteiger partial charge in [0, 0.05) is 17.0 Å². The van der Waals surface area contributed by atoms with Crippen LogP contribution in [-0.4, -0.2) is 13.2 Å². The lowest BCUT2D eigenvalue weighted by molar-refractivity contribution is -0.197. The first-order valence-electron chi connectivity index (χ1n) is 7.73. The van der Waals surface area contributed by atoms with E-state index in [-0.39, 0.29) is 17.0 Å². The topological polar surface area (TPSA) is 18.5 Å². The van der Waals surface area contributed by atoms with E-state index in [1.807, 2.05) is 0 Å². The smallest absolute Gasteiger partial charge is 0.183 e. The minimum atomic E-state index is -1.26. The highest BCUT2D eigenvalue weighted by molar-refractivity contribution is 5.65. The van der Waals surface area contributed by atoms with Gasteiger partial charge < -0.3 is 9.47 Å². The molecule has 0 unspecified atom stereocenters. The van der Waals surface area contributed by atoms with Crippen molar-refractivity contribution in [1.29, 1.82) is 0 Å². The van der Waals surface area contributed by atoms with Crippen LogP contribution < -0.4 is 0 Å². The number of ether oxygens (including phenoxy) is 2. The lowest BCUT2D eigenvalue weighted by atomic mass is 10.0. The first-order valence-corrected chi connectivity index (χ1v) is 7.73. The molecule has 0 aliphatic carbocycles. The number of rotatable bonds is 4. The molecule has 3 rings (SSSR count). The molecule has 0 spiro atoms. The van der Waals surface area contributed by atoms with E-state index in [1.54, 1.807) is 12.1 Å². The van der Waals surface area contributed by atoms with Crippen molar-refractivity contribution in [2.24, 2.45) is 5.92 Å². The van der Waals surface area contributed by atoms with Crippen LogP contribution in [0.4, 0.5) is 17.6 Å². The Morgan fingerprint density at radius 2 is 1.64 bits per heavy atom. The first kappa shape index (κ1) is 17.6. The van der Waals surface area contributed by atoms with Gasteiger partial charge in [0.1, 0.15) is 24.1 Å². The third kappa shape index (κ3) is 3.60. The van der Waals surface area contributed by atoms with E-state index < -0.39 is 36.0 Å². The van der Waals surface area contributed by atoms with Crippen molar-refractivity contribution in [1.82, 2.24) is 0 Å². The predicted octanol–water partition coefficient (Wildman–Crippen LogP) is 5.09. The van der Waals surface area contributed by atoms with Gasteiger partial charge >= 0.3 is 0 Å². The summed E-state index contributed by atoms with van der Waals surface area (Å²) >= 11 is 0. The van der Waals surface area contributed by atoms with Gasteiger partial charge in [-0.15, -0.1) is 6.58 Å². The molecule has 25 heavy (non-hydrogen) atoms. The second-order valence-corrected chi connectivity index (χ2v) is 5.79. The van der Waals surface area contributed by atoms with E-state index in [1.165, 1.54) is 12.1 Å².